The molecule has 2 saturated heterocycles. The first kappa shape index (κ1) is 30.9. The van der Waals surface area contributed by atoms with Crippen molar-refractivity contribution in [2.75, 3.05) is 19.4 Å². The molecule has 14 unspecified atom stereocenters. The van der Waals surface area contributed by atoms with E-state index in [0.717, 1.165) is 6.26 Å². The molecule has 1 aliphatic carbocycles. The Balaban J connectivity index is 1.73. The number of hydrogen-bond acceptors (Lipinski definition) is 17. The Morgan fingerprint density at radius 2 is 1.27 bits per heavy atom. The third-order valence-electron chi connectivity index (χ3n) is 6.75. The van der Waals surface area contributed by atoms with Crippen LogP contribution in [0, 0.1) is 0 Å². The van der Waals surface area contributed by atoms with Crippen LogP contribution in [0.15, 0.2) is 0 Å². The SMILES string of the molecule is CS(=O)(=O)OCC1OC(OC2C(O)C(OC3OC(CN)C(O)C(O)C3O)C(N)C[C@@H]2N)C(O)C(N)C1O. The monoisotopic (exact) mass is 562 g/mol. The van der Waals surface area contributed by atoms with E-state index in [1.807, 2.05) is 0 Å². The van der Waals surface area contributed by atoms with E-state index in [9.17, 15) is 39.1 Å². The first-order chi connectivity index (χ1) is 17.2. The summed E-state index contributed by atoms with van der Waals surface area (Å²) in [7, 11) is -3.88. The predicted octanol–water partition coefficient (Wildman–Crippen LogP) is -7.31. The summed E-state index contributed by atoms with van der Waals surface area (Å²) in [6.45, 7) is -0.822. The topological polar surface area (TPSA) is 306 Å². The van der Waals surface area contributed by atoms with Gasteiger partial charge in [-0.2, -0.15) is 8.42 Å². The number of rotatable bonds is 8. The third kappa shape index (κ3) is 6.92. The first-order valence-electron chi connectivity index (χ1n) is 11.7. The Bertz CT molecular complexity index is 856. The average Bonchev–Trinajstić information content (AvgIpc) is 2.82. The predicted molar refractivity (Wildman–Crippen MR) is 122 cm³/mol. The lowest BCUT2D eigenvalue weighted by Gasteiger charge is -2.48. The highest BCUT2D eigenvalue weighted by atomic mass is 32.2. The van der Waals surface area contributed by atoms with Crippen LogP contribution in [0.4, 0.5) is 0 Å². The van der Waals surface area contributed by atoms with Crippen LogP contribution in [0.5, 0.6) is 0 Å². The van der Waals surface area contributed by atoms with E-state index >= 15 is 0 Å². The standard InChI is InChI=1S/C19H38N4O13S/c1-37(30,31)32-4-8-10(24)9(23)12(26)18(34-8)35-16-5(21)2-6(22)17(15(16)29)36-19-14(28)13(27)11(25)7(3-20)33-19/h5-19,24-29H,2-4,20-23H2,1H3/t5-,6?,7?,8?,9?,10?,11?,12?,13?,14?,15?,16?,17?,18?,19?/m0/s1. The fraction of sp³-hybridized carbons (Fsp3) is 1.00. The Morgan fingerprint density at radius 1 is 0.757 bits per heavy atom. The summed E-state index contributed by atoms with van der Waals surface area (Å²) in [6, 6.07) is -3.13. The summed E-state index contributed by atoms with van der Waals surface area (Å²) in [5.74, 6) is 0. The molecule has 15 atom stereocenters. The highest BCUT2D eigenvalue weighted by Crippen LogP contribution is 2.31. The second kappa shape index (κ2) is 12.3. The van der Waals surface area contributed by atoms with Gasteiger partial charge in [0.05, 0.1) is 18.9 Å². The van der Waals surface area contributed by atoms with Gasteiger partial charge >= 0.3 is 0 Å². The van der Waals surface area contributed by atoms with Gasteiger partial charge < -0.3 is 72.5 Å². The third-order valence-corrected chi connectivity index (χ3v) is 7.31. The molecule has 37 heavy (non-hydrogen) atoms. The van der Waals surface area contributed by atoms with Crippen LogP contribution < -0.4 is 22.9 Å². The van der Waals surface area contributed by atoms with E-state index in [4.69, 9.17) is 41.9 Å². The van der Waals surface area contributed by atoms with E-state index in [2.05, 4.69) is 4.18 Å². The molecule has 3 aliphatic rings. The molecule has 218 valence electrons. The fourth-order valence-electron chi connectivity index (χ4n) is 4.58. The van der Waals surface area contributed by atoms with Crippen LogP contribution in [0.2, 0.25) is 0 Å². The molecule has 17 nitrogen and oxygen atoms in total. The second-order valence-corrected chi connectivity index (χ2v) is 11.2. The van der Waals surface area contributed by atoms with E-state index in [-0.39, 0.29) is 13.0 Å². The summed E-state index contributed by atoms with van der Waals surface area (Å²) in [5, 5.41) is 62.2. The number of aliphatic hydroxyl groups is 6. The minimum atomic E-state index is -3.88. The van der Waals surface area contributed by atoms with Crippen LogP contribution in [0.3, 0.4) is 0 Å². The van der Waals surface area contributed by atoms with Crippen molar-refractivity contribution in [3.05, 3.63) is 0 Å². The zero-order chi connectivity index (χ0) is 27.8. The van der Waals surface area contributed by atoms with Gasteiger partial charge in [-0.15, -0.1) is 0 Å². The largest absolute Gasteiger partial charge is 0.389 e. The van der Waals surface area contributed by atoms with Gasteiger partial charge in [0.25, 0.3) is 10.1 Å². The molecule has 1 saturated carbocycles. The molecule has 0 radical (unpaired) electrons. The number of ether oxygens (including phenoxy) is 4. The zero-order valence-corrected chi connectivity index (χ0v) is 20.9. The van der Waals surface area contributed by atoms with Crippen LogP contribution in [0.25, 0.3) is 0 Å². The molecule has 0 aromatic heterocycles. The Hall–Kier alpha value is -0.650. The van der Waals surface area contributed by atoms with Crippen LogP contribution in [0.1, 0.15) is 6.42 Å². The number of hydrogen-bond donors (Lipinski definition) is 10. The zero-order valence-electron chi connectivity index (χ0n) is 20.0. The van der Waals surface area contributed by atoms with Crippen LogP contribution in [-0.2, 0) is 33.2 Å². The molecule has 0 amide bonds. The van der Waals surface area contributed by atoms with Crippen molar-refractivity contribution in [1.29, 1.82) is 0 Å². The first-order valence-corrected chi connectivity index (χ1v) is 13.5. The van der Waals surface area contributed by atoms with Gasteiger partial charge in [0.2, 0.25) is 0 Å². The van der Waals surface area contributed by atoms with Gasteiger partial charge in [-0.1, -0.05) is 0 Å². The van der Waals surface area contributed by atoms with Gasteiger partial charge in [-0.25, -0.2) is 0 Å². The maximum absolute atomic E-state index is 11.3. The van der Waals surface area contributed by atoms with Crippen LogP contribution in [-0.4, -0.2) is 150 Å². The summed E-state index contributed by atoms with van der Waals surface area (Å²) in [6.07, 6.45) is -16.7. The van der Waals surface area contributed by atoms with Gasteiger partial charge in [-0.3, -0.25) is 4.18 Å². The number of aliphatic hydroxyl groups excluding tert-OH is 6. The molecular formula is C19H38N4O13S. The Kier molecular flexibility index (Phi) is 10.2. The van der Waals surface area contributed by atoms with E-state index in [1.165, 1.54) is 0 Å². The van der Waals surface area contributed by atoms with Gasteiger partial charge in [0.1, 0.15) is 61.0 Å². The lowest BCUT2D eigenvalue weighted by Crippen LogP contribution is -2.68. The second-order valence-electron chi connectivity index (χ2n) is 9.60. The highest BCUT2D eigenvalue weighted by Gasteiger charge is 2.51. The van der Waals surface area contributed by atoms with Crippen molar-refractivity contribution >= 4 is 10.1 Å². The Labute approximate surface area is 213 Å². The lowest BCUT2D eigenvalue weighted by molar-refractivity contribution is -0.331. The lowest BCUT2D eigenvalue weighted by atomic mass is 9.84. The van der Waals surface area contributed by atoms with Crippen molar-refractivity contribution in [3.8, 4) is 0 Å². The summed E-state index contributed by atoms with van der Waals surface area (Å²) < 4.78 is 49.7. The van der Waals surface area contributed by atoms with Crippen LogP contribution >= 0.6 is 0 Å². The molecular weight excluding hydrogens is 524 g/mol. The maximum Gasteiger partial charge on any atom is 0.264 e. The van der Waals surface area contributed by atoms with Crippen molar-refractivity contribution in [1.82, 2.24) is 0 Å². The molecule has 0 bridgehead atoms. The van der Waals surface area contributed by atoms with E-state index < -0.39 is 108 Å². The summed E-state index contributed by atoms with van der Waals surface area (Å²) in [4.78, 5) is 0. The Morgan fingerprint density at radius 3 is 1.78 bits per heavy atom. The minimum absolute atomic E-state index is 0.0266. The maximum atomic E-state index is 11.3. The number of nitrogens with two attached hydrogens (primary N) is 4. The van der Waals surface area contributed by atoms with Crippen molar-refractivity contribution < 1.29 is 62.2 Å². The van der Waals surface area contributed by atoms with Gasteiger partial charge in [0.15, 0.2) is 12.6 Å². The smallest absolute Gasteiger partial charge is 0.264 e. The normalized spacial score (nSPS) is 49.6. The molecule has 2 heterocycles. The van der Waals surface area contributed by atoms with Gasteiger partial charge in [0, 0.05) is 18.6 Å². The molecule has 18 heteroatoms. The van der Waals surface area contributed by atoms with Crippen molar-refractivity contribution in [2.45, 2.75) is 98.2 Å². The summed E-state index contributed by atoms with van der Waals surface area (Å²) >= 11 is 0. The molecule has 14 N–H and O–H groups in total. The van der Waals surface area contributed by atoms with E-state index in [0.29, 0.717) is 0 Å². The molecule has 3 fully saturated rings. The molecule has 0 aromatic rings. The van der Waals surface area contributed by atoms with Crippen molar-refractivity contribution in [2.24, 2.45) is 22.9 Å². The van der Waals surface area contributed by atoms with Gasteiger partial charge in [-0.05, 0) is 6.42 Å². The molecule has 3 rings (SSSR count). The quantitative estimate of drug-likeness (QED) is 0.123. The van der Waals surface area contributed by atoms with E-state index in [1.54, 1.807) is 0 Å². The minimum Gasteiger partial charge on any atom is -0.389 e. The molecule has 2 aliphatic heterocycles. The molecule has 0 aromatic carbocycles. The highest BCUT2D eigenvalue weighted by molar-refractivity contribution is 7.85. The van der Waals surface area contributed by atoms with Crippen molar-refractivity contribution in [3.63, 3.8) is 0 Å². The molecule has 0 spiro atoms. The fourth-order valence-corrected chi connectivity index (χ4v) is 4.96. The summed E-state index contributed by atoms with van der Waals surface area (Å²) in [5.41, 5.74) is 23.6. The average molecular weight is 563 g/mol.